The van der Waals surface area contributed by atoms with Gasteiger partial charge in [-0.05, 0) is 19.3 Å². The average Bonchev–Trinajstić information content (AvgIpc) is 2.76. The molecule has 0 aromatic carbocycles. The van der Waals surface area contributed by atoms with Crippen LogP contribution in [0.3, 0.4) is 0 Å². The second kappa shape index (κ2) is 3.87. The molecule has 1 unspecified atom stereocenters. The van der Waals surface area contributed by atoms with Gasteiger partial charge in [-0.2, -0.15) is 0 Å². The van der Waals surface area contributed by atoms with Gasteiger partial charge in [0, 0.05) is 12.6 Å². The summed E-state index contributed by atoms with van der Waals surface area (Å²) >= 11 is 0. The zero-order chi connectivity index (χ0) is 10.0. The predicted molar refractivity (Wildman–Crippen MR) is 52.8 cm³/mol. The fraction of sp³-hybridized carbons (Fsp3) is 0.900. The van der Waals surface area contributed by atoms with Crippen LogP contribution in [0, 0.1) is 0 Å². The van der Waals surface area contributed by atoms with Crippen molar-refractivity contribution in [1.82, 2.24) is 5.32 Å². The number of carbonyl (C=O) groups is 1. The van der Waals surface area contributed by atoms with Crippen molar-refractivity contribution in [2.75, 3.05) is 13.2 Å². The van der Waals surface area contributed by atoms with Crippen molar-refractivity contribution in [3.8, 4) is 0 Å². The monoisotopic (exact) mass is 198 g/mol. The number of hydrogen-bond donors (Lipinski definition) is 2. The third-order valence-corrected chi connectivity index (χ3v) is 3.19. The van der Waals surface area contributed by atoms with Crippen molar-refractivity contribution >= 4 is 5.91 Å². The summed E-state index contributed by atoms with van der Waals surface area (Å²) in [4.78, 5) is 11.8. The molecule has 4 nitrogen and oxygen atoms in total. The molecule has 0 radical (unpaired) electrons. The molecule has 0 aromatic heterocycles. The van der Waals surface area contributed by atoms with E-state index in [0.29, 0.717) is 25.7 Å². The van der Waals surface area contributed by atoms with Crippen LogP contribution in [0.15, 0.2) is 0 Å². The van der Waals surface area contributed by atoms with Gasteiger partial charge in [-0.25, -0.2) is 0 Å². The molecule has 1 amide bonds. The van der Waals surface area contributed by atoms with E-state index >= 15 is 0 Å². The van der Waals surface area contributed by atoms with E-state index in [1.807, 2.05) is 0 Å². The Kier molecular flexibility index (Phi) is 2.74. The SMILES string of the molecule is NC1(C(=O)NC2CCCC2)CCOC1. The Labute approximate surface area is 84.2 Å². The zero-order valence-electron chi connectivity index (χ0n) is 8.42. The zero-order valence-corrected chi connectivity index (χ0v) is 8.42. The number of carbonyl (C=O) groups excluding carboxylic acids is 1. The minimum atomic E-state index is -0.761. The van der Waals surface area contributed by atoms with Crippen molar-refractivity contribution < 1.29 is 9.53 Å². The van der Waals surface area contributed by atoms with Crippen LogP contribution in [0.2, 0.25) is 0 Å². The third-order valence-electron chi connectivity index (χ3n) is 3.19. The molecule has 14 heavy (non-hydrogen) atoms. The smallest absolute Gasteiger partial charge is 0.242 e. The van der Waals surface area contributed by atoms with E-state index in [4.69, 9.17) is 10.5 Å². The molecule has 4 heteroatoms. The van der Waals surface area contributed by atoms with E-state index in [1.165, 1.54) is 12.8 Å². The van der Waals surface area contributed by atoms with Crippen molar-refractivity contribution in [2.45, 2.75) is 43.7 Å². The highest BCUT2D eigenvalue weighted by molar-refractivity contribution is 5.86. The highest BCUT2D eigenvalue weighted by Crippen LogP contribution is 2.20. The van der Waals surface area contributed by atoms with E-state index in [0.717, 1.165) is 12.8 Å². The Balaban J connectivity index is 1.87. The summed E-state index contributed by atoms with van der Waals surface area (Å²) in [5.74, 6) is -0.0260. The standard InChI is InChI=1S/C10H18N2O2/c11-10(5-6-14-7-10)9(13)12-8-3-1-2-4-8/h8H,1-7,11H2,(H,12,13). The molecule has 2 rings (SSSR count). The highest BCUT2D eigenvalue weighted by atomic mass is 16.5. The lowest BCUT2D eigenvalue weighted by Gasteiger charge is -2.23. The molecule has 3 N–H and O–H groups in total. The number of ether oxygens (including phenoxy) is 1. The van der Waals surface area contributed by atoms with E-state index in [2.05, 4.69) is 5.32 Å². The summed E-state index contributed by atoms with van der Waals surface area (Å²) in [7, 11) is 0. The van der Waals surface area contributed by atoms with Crippen molar-refractivity contribution in [1.29, 1.82) is 0 Å². The maximum atomic E-state index is 11.8. The largest absolute Gasteiger partial charge is 0.379 e. The van der Waals surface area contributed by atoms with Gasteiger partial charge in [0.05, 0.1) is 6.61 Å². The number of rotatable bonds is 2. The maximum absolute atomic E-state index is 11.8. The van der Waals surface area contributed by atoms with Crippen LogP contribution in [0.1, 0.15) is 32.1 Å². The summed E-state index contributed by atoms with van der Waals surface area (Å²) in [6.07, 6.45) is 5.29. The van der Waals surface area contributed by atoms with E-state index in [-0.39, 0.29) is 5.91 Å². The van der Waals surface area contributed by atoms with E-state index in [1.54, 1.807) is 0 Å². The topological polar surface area (TPSA) is 64.4 Å². The Morgan fingerprint density at radius 2 is 2.14 bits per heavy atom. The van der Waals surface area contributed by atoms with Gasteiger partial charge in [-0.3, -0.25) is 4.79 Å². The van der Waals surface area contributed by atoms with Gasteiger partial charge in [0.2, 0.25) is 5.91 Å². The van der Waals surface area contributed by atoms with E-state index in [9.17, 15) is 4.79 Å². The number of nitrogens with two attached hydrogens (primary N) is 1. The normalized spacial score (nSPS) is 33.5. The summed E-state index contributed by atoms with van der Waals surface area (Å²) in [6.45, 7) is 0.972. The minimum absolute atomic E-state index is 0.0260. The molecule has 1 aliphatic carbocycles. The number of hydrogen-bond acceptors (Lipinski definition) is 3. The molecule has 2 fully saturated rings. The van der Waals surface area contributed by atoms with Crippen molar-refractivity contribution in [3.05, 3.63) is 0 Å². The number of nitrogens with one attached hydrogen (secondary N) is 1. The molecule has 2 aliphatic rings. The van der Waals surface area contributed by atoms with Crippen LogP contribution in [0.4, 0.5) is 0 Å². The first-order chi connectivity index (χ1) is 6.71. The van der Waals surface area contributed by atoms with E-state index < -0.39 is 5.54 Å². The summed E-state index contributed by atoms with van der Waals surface area (Å²) in [5.41, 5.74) is 5.18. The van der Waals surface area contributed by atoms with Gasteiger partial charge < -0.3 is 15.8 Å². The van der Waals surface area contributed by atoms with Gasteiger partial charge >= 0.3 is 0 Å². The van der Waals surface area contributed by atoms with Gasteiger partial charge in [0.25, 0.3) is 0 Å². The predicted octanol–water partition coefficient (Wildman–Crippen LogP) is 0.163. The molecule has 0 bridgehead atoms. The van der Waals surface area contributed by atoms with Gasteiger partial charge in [0.15, 0.2) is 0 Å². The first-order valence-electron chi connectivity index (χ1n) is 5.38. The van der Waals surface area contributed by atoms with Crippen LogP contribution in [-0.4, -0.2) is 30.7 Å². The molecule has 1 saturated heterocycles. The maximum Gasteiger partial charge on any atom is 0.242 e. The molecule has 1 heterocycles. The van der Waals surface area contributed by atoms with Crippen LogP contribution in [-0.2, 0) is 9.53 Å². The second-order valence-electron chi connectivity index (χ2n) is 4.41. The van der Waals surface area contributed by atoms with Gasteiger partial charge in [0.1, 0.15) is 5.54 Å². The first-order valence-corrected chi connectivity index (χ1v) is 5.38. The lowest BCUT2D eigenvalue weighted by molar-refractivity contribution is -0.127. The molecule has 0 aromatic rings. The Bertz CT molecular complexity index is 218. The molecular weight excluding hydrogens is 180 g/mol. The van der Waals surface area contributed by atoms with Gasteiger partial charge in [-0.15, -0.1) is 0 Å². The second-order valence-corrected chi connectivity index (χ2v) is 4.41. The summed E-state index contributed by atoms with van der Waals surface area (Å²) in [5, 5.41) is 3.02. The van der Waals surface area contributed by atoms with Crippen LogP contribution in [0.25, 0.3) is 0 Å². The Hall–Kier alpha value is -0.610. The van der Waals surface area contributed by atoms with Crippen LogP contribution in [0.5, 0.6) is 0 Å². The molecule has 0 spiro atoms. The molecule has 1 aliphatic heterocycles. The van der Waals surface area contributed by atoms with Crippen molar-refractivity contribution in [3.63, 3.8) is 0 Å². The lowest BCUT2D eigenvalue weighted by Crippen LogP contribution is -2.56. The Morgan fingerprint density at radius 3 is 2.71 bits per heavy atom. The lowest BCUT2D eigenvalue weighted by atomic mass is 9.98. The molecular formula is C10H18N2O2. The fourth-order valence-electron chi connectivity index (χ4n) is 2.16. The third kappa shape index (κ3) is 1.91. The summed E-state index contributed by atoms with van der Waals surface area (Å²) < 4.78 is 5.16. The van der Waals surface area contributed by atoms with Crippen LogP contribution >= 0.6 is 0 Å². The molecule has 1 atom stereocenters. The Morgan fingerprint density at radius 1 is 1.43 bits per heavy atom. The van der Waals surface area contributed by atoms with Crippen LogP contribution < -0.4 is 11.1 Å². The molecule has 80 valence electrons. The highest BCUT2D eigenvalue weighted by Gasteiger charge is 2.39. The average molecular weight is 198 g/mol. The fourth-order valence-corrected chi connectivity index (χ4v) is 2.16. The molecule has 1 saturated carbocycles. The van der Waals surface area contributed by atoms with Gasteiger partial charge in [-0.1, -0.05) is 12.8 Å². The first kappa shape index (κ1) is 9.93. The number of amides is 1. The van der Waals surface area contributed by atoms with Crippen molar-refractivity contribution in [2.24, 2.45) is 5.73 Å². The minimum Gasteiger partial charge on any atom is -0.379 e. The quantitative estimate of drug-likeness (QED) is 0.664. The summed E-state index contributed by atoms with van der Waals surface area (Å²) in [6, 6.07) is 0.350.